The fourth-order valence-electron chi connectivity index (χ4n) is 4.29. The quantitative estimate of drug-likeness (QED) is 0.886. The van der Waals surface area contributed by atoms with Crippen molar-refractivity contribution in [3.05, 3.63) is 40.3 Å². The fourth-order valence-corrected chi connectivity index (χ4v) is 4.29. The molecule has 0 aromatic carbocycles. The largest absolute Gasteiger partial charge is 0.393 e. The molecule has 0 radical (unpaired) electrons. The van der Waals surface area contributed by atoms with E-state index < -0.39 is 0 Å². The van der Waals surface area contributed by atoms with Gasteiger partial charge in [0.05, 0.1) is 11.5 Å². The highest BCUT2D eigenvalue weighted by atomic mass is 16.3. The van der Waals surface area contributed by atoms with E-state index in [1.165, 1.54) is 0 Å². The molecule has 6 nitrogen and oxygen atoms in total. The Hall–Kier alpha value is -2.21. The molecule has 2 saturated carbocycles. The van der Waals surface area contributed by atoms with E-state index in [1.807, 2.05) is 4.57 Å². The number of aliphatic hydroxyl groups is 1. The van der Waals surface area contributed by atoms with Gasteiger partial charge in [0.15, 0.2) is 0 Å². The number of amides is 1. The summed E-state index contributed by atoms with van der Waals surface area (Å²) in [5.41, 5.74) is 0.565. The van der Waals surface area contributed by atoms with E-state index in [-0.39, 0.29) is 35.1 Å². The van der Waals surface area contributed by atoms with Crippen LogP contribution < -0.4 is 10.7 Å². The topological polar surface area (TPSA) is 84.2 Å². The SMILES string of the molecule is O=C(NC1CCCC1)c1cn(C2CCC(O)CC2)c2ncccc2c1=O. The first-order valence-corrected chi connectivity index (χ1v) is 9.62. The molecule has 2 aliphatic carbocycles. The summed E-state index contributed by atoms with van der Waals surface area (Å²) >= 11 is 0. The van der Waals surface area contributed by atoms with Crippen molar-refractivity contribution in [2.75, 3.05) is 0 Å². The van der Waals surface area contributed by atoms with Crippen molar-refractivity contribution in [2.24, 2.45) is 0 Å². The zero-order chi connectivity index (χ0) is 18.1. The van der Waals surface area contributed by atoms with E-state index in [9.17, 15) is 14.7 Å². The standard InChI is InChI=1S/C20H25N3O3/c24-15-9-7-14(8-10-15)23-12-17(20(26)22-13-4-1-2-5-13)18(25)16-6-3-11-21-19(16)23/h3,6,11-15,24H,1-2,4-5,7-10H2,(H,22,26). The Morgan fingerprint density at radius 2 is 1.88 bits per heavy atom. The second-order valence-electron chi connectivity index (χ2n) is 7.57. The van der Waals surface area contributed by atoms with Gasteiger partial charge in [-0.2, -0.15) is 0 Å². The first-order chi connectivity index (χ1) is 12.6. The van der Waals surface area contributed by atoms with E-state index in [2.05, 4.69) is 10.3 Å². The van der Waals surface area contributed by atoms with Gasteiger partial charge >= 0.3 is 0 Å². The van der Waals surface area contributed by atoms with Crippen LogP contribution in [0.1, 0.15) is 67.8 Å². The van der Waals surface area contributed by atoms with Crippen LogP contribution in [0.15, 0.2) is 29.3 Å². The van der Waals surface area contributed by atoms with Gasteiger partial charge in [-0.25, -0.2) is 4.98 Å². The second kappa shape index (κ2) is 7.19. The zero-order valence-electron chi connectivity index (χ0n) is 14.9. The van der Waals surface area contributed by atoms with Crippen LogP contribution in [0.2, 0.25) is 0 Å². The van der Waals surface area contributed by atoms with Crippen molar-refractivity contribution in [3.8, 4) is 0 Å². The Morgan fingerprint density at radius 1 is 1.15 bits per heavy atom. The average molecular weight is 355 g/mol. The molecule has 0 unspecified atom stereocenters. The predicted molar refractivity (Wildman–Crippen MR) is 99.2 cm³/mol. The van der Waals surface area contributed by atoms with Crippen LogP contribution in [0.5, 0.6) is 0 Å². The van der Waals surface area contributed by atoms with E-state index in [0.717, 1.165) is 51.4 Å². The summed E-state index contributed by atoms with van der Waals surface area (Å²) in [7, 11) is 0. The molecule has 2 fully saturated rings. The third kappa shape index (κ3) is 3.26. The van der Waals surface area contributed by atoms with Crippen LogP contribution in [-0.2, 0) is 0 Å². The molecule has 0 spiro atoms. The Kier molecular flexibility index (Phi) is 4.76. The van der Waals surface area contributed by atoms with E-state index in [0.29, 0.717) is 11.0 Å². The van der Waals surface area contributed by atoms with Gasteiger partial charge in [-0.3, -0.25) is 9.59 Å². The van der Waals surface area contributed by atoms with E-state index >= 15 is 0 Å². The maximum atomic E-state index is 12.9. The van der Waals surface area contributed by atoms with Crippen molar-refractivity contribution < 1.29 is 9.90 Å². The Morgan fingerprint density at radius 3 is 2.62 bits per heavy atom. The summed E-state index contributed by atoms with van der Waals surface area (Å²) < 4.78 is 1.98. The second-order valence-corrected chi connectivity index (χ2v) is 7.57. The Bertz CT molecular complexity index is 862. The van der Waals surface area contributed by atoms with Gasteiger partial charge in [-0.1, -0.05) is 12.8 Å². The maximum absolute atomic E-state index is 12.9. The minimum atomic E-state index is -0.280. The predicted octanol–water partition coefficient (Wildman–Crippen LogP) is 2.54. The van der Waals surface area contributed by atoms with Crippen LogP contribution in [0.3, 0.4) is 0 Å². The molecule has 2 N–H and O–H groups in total. The van der Waals surface area contributed by atoms with E-state index in [1.54, 1.807) is 24.5 Å². The summed E-state index contributed by atoms with van der Waals surface area (Å²) in [6.45, 7) is 0. The van der Waals surface area contributed by atoms with Gasteiger partial charge in [-0.05, 0) is 50.7 Å². The summed E-state index contributed by atoms with van der Waals surface area (Å²) in [6, 6.07) is 3.79. The molecule has 2 aromatic heterocycles. The van der Waals surface area contributed by atoms with Gasteiger partial charge in [0.2, 0.25) is 5.43 Å². The van der Waals surface area contributed by atoms with Gasteiger partial charge in [0.1, 0.15) is 11.2 Å². The number of rotatable bonds is 3. The van der Waals surface area contributed by atoms with Crippen molar-refractivity contribution in [1.29, 1.82) is 0 Å². The summed E-state index contributed by atoms with van der Waals surface area (Å²) in [5, 5.41) is 13.3. The van der Waals surface area contributed by atoms with Crippen LogP contribution in [0, 0.1) is 0 Å². The molecule has 4 rings (SSSR count). The van der Waals surface area contributed by atoms with Crippen molar-refractivity contribution in [3.63, 3.8) is 0 Å². The molecule has 0 saturated heterocycles. The normalized spacial score (nSPS) is 24.0. The van der Waals surface area contributed by atoms with Crippen molar-refractivity contribution in [1.82, 2.24) is 14.9 Å². The molecule has 26 heavy (non-hydrogen) atoms. The number of aromatic nitrogens is 2. The van der Waals surface area contributed by atoms with Crippen LogP contribution in [0.25, 0.3) is 11.0 Å². The van der Waals surface area contributed by atoms with Gasteiger partial charge in [-0.15, -0.1) is 0 Å². The minimum absolute atomic E-state index is 0.148. The molecule has 2 aromatic rings. The molecule has 2 heterocycles. The first-order valence-electron chi connectivity index (χ1n) is 9.62. The first kappa shape index (κ1) is 17.2. The van der Waals surface area contributed by atoms with Crippen molar-refractivity contribution >= 4 is 16.9 Å². The molecule has 1 amide bonds. The molecular formula is C20H25N3O3. The molecule has 6 heteroatoms. The number of fused-ring (bicyclic) bond motifs is 1. The van der Waals surface area contributed by atoms with Crippen LogP contribution in [0.4, 0.5) is 0 Å². The van der Waals surface area contributed by atoms with Gasteiger partial charge in [0.25, 0.3) is 5.91 Å². The highest BCUT2D eigenvalue weighted by Gasteiger charge is 2.25. The Balaban J connectivity index is 1.74. The lowest BCUT2D eigenvalue weighted by Gasteiger charge is -2.28. The molecule has 0 atom stereocenters. The monoisotopic (exact) mass is 355 g/mol. The zero-order valence-corrected chi connectivity index (χ0v) is 14.9. The maximum Gasteiger partial charge on any atom is 0.256 e. The smallest absolute Gasteiger partial charge is 0.256 e. The minimum Gasteiger partial charge on any atom is -0.393 e. The van der Waals surface area contributed by atoms with Gasteiger partial charge in [0, 0.05) is 24.5 Å². The molecule has 2 aliphatic rings. The number of pyridine rings is 2. The molecular weight excluding hydrogens is 330 g/mol. The molecule has 0 bridgehead atoms. The van der Waals surface area contributed by atoms with Crippen LogP contribution >= 0.6 is 0 Å². The van der Waals surface area contributed by atoms with Crippen LogP contribution in [-0.4, -0.2) is 32.7 Å². The summed E-state index contributed by atoms with van der Waals surface area (Å²) in [6.07, 6.45) is 10.4. The molecule has 0 aliphatic heterocycles. The lowest BCUT2D eigenvalue weighted by Crippen LogP contribution is -2.36. The third-order valence-corrected chi connectivity index (χ3v) is 5.78. The van der Waals surface area contributed by atoms with Gasteiger partial charge < -0.3 is 15.0 Å². The van der Waals surface area contributed by atoms with Crippen molar-refractivity contribution in [2.45, 2.75) is 69.6 Å². The number of hydrogen-bond donors (Lipinski definition) is 2. The van der Waals surface area contributed by atoms with E-state index in [4.69, 9.17) is 0 Å². The third-order valence-electron chi connectivity index (χ3n) is 5.78. The average Bonchev–Trinajstić information content (AvgIpc) is 3.16. The highest BCUT2D eigenvalue weighted by Crippen LogP contribution is 2.30. The summed E-state index contributed by atoms with van der Waals surface area (Å²) in [5.74, 6) is -0.280. The summed E-state index contributed by atoms with van der Waals surface area (Å²) in [4.78, 5) is 30.1. The highest BCUT2D eigenvalue weighted by molar-refractivity contribution is 5.97. The number of aliphatic hydroxyl groups excluding tert-OH is 1. The number of carbonyl (C=O) groups excluding carboxylic acids is 1. The number of carbonyl (C=O) groups is 1. The number of nitrogens with one attached hydrogen (secondary N) is 1. The lowest BCUT2D eigenvalue weighted by molar-refractivity contribution is 0.0933. The molecule has 138 valence electrons. The number of nitrogens with zero attached hydrogens (tertiary/aromatic N) is 2. The fraction of sp³-hybridized carbons (Fsp3) is 0.550. The Labute approximate surface area is 152 Å². The number of hydrogen-bond acceptors (Lipinski definition) is 4. The lowest BCUT2D eigenvalue weighted by atomic mass is 9.92.